The molecule has 0 radical (unpaired) electrons. The van der Waals surface area contributed by atoms with Crippen LogP contribution in [0.1, 0.15) is 26.7 Å². The number of aromatic nitrogens is 2. The van der Waals surface area contributed by atoms with E-state index in [0.29, 0.717) is 11.7 Å². The second-order valence-corrected chi connectivity index (χ2v) is 5.46. The molecule has 6 heteroatoms. The smallest absolute Gasteiger partial charge is 0.204 e. The summed E-state index contributed by atoms with van der Waals surface area (Å²) in [4.78, 5) is 11.1. The minimum absolute atomic E-state index is 0.677. The molecule has 0 aliphatic carbocycles. The van der Waals surface area contributed by atoms with Crippen molar-refractivity contribution in [1.82, 2.24) is 14.9 Å². The Balaban J connectivity index is 1.96. The first-order valence-corrected chi connectivity index (χ1v) is 7.87. The van der Waals surface area contributed by atoms with E-state index >= 15 is 0 Å². The number of hydrogen-bond donors (Lipinski definition) is 2. The summed E-state index contributed by atoms with van der Waals surface area (Å²) in [6.07, 6.45) is 3.87. The van der Waals surface area contributed by atoms with Crippen LogP contribution in [0.15, 0.2) is 6.33 Å². The van der Waals surface area contributed by atoms with Crippen molar-refractivity contribution in [2.24, 2.45) is 5.92 Å². The standard InChI is InChI=1S/C15H27N5O/c1-4-7-16-14-13(21-3)15(19-11-18-14)17-9-12-6-8-20(5-2)10-12/h11-12H,4-10H2,1-3H3,(H2,16,17,18,19). The van der Waals surface area contributed by atoms with Gasteiger partial charge in [0.15, 0.2) is 11.6 Å². The van der Waals surface area contributed by atoms with E-state index in [1.165, 1.54) is 13.0 Å². The number of hydrogen-bond acceptors (Lipinski definition) is 6. The molecule has 0 spiro atoms. The maximum absolute atomic E-state index is 5.47. The van der Waals surface area contributed by atoms with E-state index in [-0.39, 0.29) is 0 Å². The predicted molar refractivity (Wildman–Crippen MR) is 86.1 cm³/mol. The maximum Gasteiger partial charge on any atom is 0.204 e. The predicted octanol–water partition coefficient (Wildman–Crippen LogP) is 2.06. The van der Waals surface area contributed by atoms with Crippen molar-refractivity contribution in [3.63, 3.8) is 0 Å². The first-order chi connectivity index (χ1) is 10.3. The third-order valence-corrected chi connectivity index (χ3v) is 3.93. The van der Waals surface area contributed by atoms with Gasteiger partial charge in [0.2, 0.25) is 5.75 Å². The van der Waals surface area contributed by atoms with Crippen molar-refractivity contribution < 1.29 is 4.74 Å². The quantitative estimate of drug-likeness (QED) is 0.765. The van der Waals surface area contributed by atoms with Crippen molar-refractivity contribution in [3.05, 3.63) is 6.33 Å². The van der Waals surface area contributed by atoms with Crippen LogP contribution in [0.25, 0.3) is 0 Å². The molecule has 0 aromatic carbocycles. The van der Waals surface area contributed by atoms with E-state index in [1.807, 2.05) is 0 Å². The molecular weight excluding hydrogens is 266 g/mol. The van der Waals surface area contributed by atoms with Crippen LogP contribution in [0.3, 0.4) is 0 Å². The number of rotatable bonds is 8. The van der Waals surface area contributed by atoms with Crippen LogP contribution < -0.4 is 15.4 Å². The first kappa shape index (κ1) is 15.8. The van der Waals surface area contributed by atoms with E-state index in [0.717, 1.165) is 44.2 Å². The highest BCUT2D eigenvalue weighted by molar-refractivity contribution is 5.63. The summed E-state index contributed by atoms with van der Waals surface area (Å²) >= 11 is 0. The topological polar surface area (TPSA) is 62.3 Å². The lowest BCUT2D eigenvalue weighted by Gasteiger charge is -2.16. The summed E-state index contributed by atoms with van der Waals surface area (Å²) < 4.78 is 5.47. The minimum Gasteiger partial charge on any atom is -0.490 e. The third-order valence-electron chi connectivity index (χ3n) is 3.93. The summed E-state index contributed by atoms with van der Waals surface area (Å²) in [6, 6.07) is 0. The molecule has 1 aromatic rings. The molecule has 1 aliphatic heterocycles. The van der Waals surface area contributed by atoms with E-state index in [4.69, 9.17) is 4.74 Å². The molecule has 0 amide bonds. The summed E-state index contributed by atoms with van der Waals surface area (Å²) in [6.45, 7) is 9.65. The molecule has 2 N–H and O–H groups in total. The average molecular weight is 293 g/mol. The Morgan fingerprint density at radius 1 is 1.29 bits per heavy atom. The number of methoxy groups -OCH3 is 1. The van der Waals surface area contributed by atoms with E-state index < -0.39 is 0 Å². The SMILES string of the molecule is CCCNc1ncnc(NCC2CCN(CC)C2)c1OC. The highest BCUT2D eigenvalue weighted by Gasteiger charge is 2.21. The number of ether oxygens (including phenoxy) is 1. The Bertz CT molecular complexity index is 440. The highest BCUT2D eigenvalue weighted by atomic mass is 16.5. The highest BCUT2D eigenvalue weighted by Crippen LogP contribution is 2.29. The number of likely N-dealkylation sites (tertiary alicyclic amines) is 1. The van der Waals surface area contributed by atoms with Crippen molar-refractivity contribution >= 4 is 11.6 Å². The van der Waals surface area contributed by atoms with Crippen LogP contribution in [-0.4, -0.2) is 54.7 Å². The first-order valence-electron chi connectivity index (χ1n) is 7.87. The van der Waals surface area contributed by atoms with Crippen LogP contribution >= 0.6 is 0 Å². The van der Waals surface area contributed by atoms with Gasteiger partial charge in [-0.3, -0.25) is 0 Å². The Morgan fingerprint density at radius 2 is 2.05 bits per heavy atom. The normalized spacial score (nSPS) is 18.7. The minimum atomic E-state index is 0.677. The van der Waals surface area contributed by atoms with Gasteiger partial charge in [-0.05, 0) is 31.8 Å². The fraction of sp³-hybridized carbons (Fsp3) is 0.733. The monoisotopic (exact) mass is 293 g/mol. The van der Waals surface area contributed by atoms with E-state index in [2.05, 4.69) is 39.3 Å². The molecule has 1 fully saturated rings. The van der Waals surface area contributed by atoms with Crippen molar-refractivity contribution in [3.8, 4) is 5.75 Å². The Labute approximate surface area is 127 Å². The Morgan fingerprint density at radius 3 is 2.67 bits per heavy atom. The lowest BCUT2D eigenvalue weighted by atomic mass is 10.1. The second-order valence-electron chi connectivity index (χ2n) is 5.46. The molecule has 118 valence electrons. The number of anilines is 2. The summed E-state index contributed by atoms with van der Waals surface area (Å²) in [5.74, 6) is 2.92. The molecule has 0 saturated carbocycles. The van der Waals surface area contributed by atoms with Crippen molar-refractivity contribution in [1.29, 1.82) is 0 Å². The van der Waals surface area contributed by atoms with E-state index in [1.54, 1.807) is 13.4 Å². The van der Waals surface area contributed by atoms with Gasteiger partial charge in [-0.2, -0.15) is 0 Å². The van der Waals surface area contributed by atoms with Gasteiger partial charge in [0.1, 0.15) is 6.33 Å². The zero-order valence-corrected chi connectivity index (χ0v) is 13.4. The summed E-state index contributed by atoms with van der Waals surface area (Å²) in [7, 11) is 1.66. The lowest BCUT2D eigenvalue weighted by Crippen LogP contribution is -2.23. The fourth-order valence-corrected chi connectivity index (χ4v) is 2.67. The Hall–Kier alpha value is -1.56. The van der Waals surface area contributed by atoms with Crippen LogP contribution in [-0.2, 0) is 0 Å². The molecule has 1 aliphatic rings. The summed E-state index contributed by atoms with van der Waals surface area (Å²) in [5, 5.41) is 6.70. The van der Waals surface area contributed by atoms with Gasteiger partial charge in [0.25, 0.3) is 0 Å². The van der Waals surface area contributed by atoms with Gasteiger partial charge in [-0.25, -0.2) is 9.97 Å². The molecule has 1 saturated heterocycles. The van der Waals surface area contributed by atoms with Gasteiger partial charge < -0.3 is 20.3 Å². The van der Waals surface area contributed by atoms with Crippen LogP contribution in [0.5, 0.6) is 5.75 Å². The molecule has 0 bridgehead atoms. The average Bonchev–Trinajstić information content (AvgIpc) is 2.98. The van der Waals surface area contributed by atoms with Gasteiger partial charge in [-0.15, -0.1) is 0 Å². The van der Waals surface area contributed by atoms with E-state index in [9.17, 15) is 0 Å². The molecule has 21 heavy (non-hydrogen) atoms. The second kappa shape index (κ2) is 8.02. The van der Waals surface area contributed by atoms with Crippen LogP contribution in [0, 0.1) is 5.92 Å². The van der Waals surface area contributed by atoms with Gasteiger partial charge in [0.05, 0.1) is 7.11 Å². The number of nitrogens with one attached hydrogen (secondary N) is 2. The molecular formula is C15H27N5O. The maximum atomic E-state index is 5.47. The molecule has 6 nitrogen and oxygen atoms in total. The summed E-state index contributed by atoms with van der Waals surface area (Å²) in [5.41, 5.74) is 0. The zero-order valence-electron chi connectivity index (χ0n) is 13.4. The molecule has 1 unspecified atom stereocenters. The van der Waals surface area contributed by atoms with Crippen molar-refractivity contribution in [2.75, 3.05) is 50.5 Å². The fourth-order valence-electron chi connectivity index (χ4n) is 2.67. The largest absolute Gasteiger partial charge is 0.490 e. The van der Waals surface area contributed by atoms with Gasteiger partial charge in [-0.1, -0.05) is 13.8 Å². The number of nitrogens with zero attached hydrogens (tertiary/aromatic N) is 3. The molecule has 1 aromatic heterocycles. The Kier molecular flexibility index (Phi) is 6.04. The van der Waals surface area contributed by atoms with Crippen LogP contribution in [0.2, 0.25) is 0 Å². The molecule has 2 rings (SSSR count). The van der Waals surface area contributed by atoms with Gasteiger partial charge >= 0.3 is 0 Å². The van der Waals surface area contributed by atoms with Crippen LogP contribution in [0.4, 0.5) is 11.6 Å². The zero-order chi connectivity index (χ0) is 15.1. The lowest BCUT2D eigenvalue weighted by molar-refractivity contribution is 0.344. The van der Waals surface area contributed by atoms with Gasteiger partial charge in [0, 0.05) is 19.6 Å². The molecule has 1 atom stereocenters. The van der Waals surface area contributed by atoms with Crippen molar-refractivity contribution in [2.45, 2.75) is 26.7 Å². The third kappa shape index (κ3) is 4.20. The molecule has 2 heterocycles.